The van der Waals surface area contributed by atoms with Crippen LogP contribution in [0.2, 0.25) is 0 Å². The molecule has 0 bridgehead atoms. The van der Waals surface area contributed by atoms with Gasteiger partial charge in [0.05, 0.1) is 29.3 Å². The molecule has 1 aliphatic rings. The largest absolute Gasteiger partial charge is 0.320 e. The first-order valence-corrected chi connectivity index (χ1v) is 10.6. The lowest BCUT2D eigenvalue weighted by molar-refractivity contribution is 0.0142. The Morgan fingerprint density at radius 3 is 2.77 bits per heavy atom. The zero-order chi connectivity index (χ0) is 21.4. The Morgan fingerprint density at radius 1 is 1.16 bits per heavy atom. The maximum absolute atomic E-state index is 13.1. The van der Waals surface area contributed by atoms with Crippen LogP contribution in [0.15, 0.2) is 67.1 Å². The molecule has 0 saturated carbocycles. The second-order valence-corrected chi connectivity index (χ2v) is 7.89. The van der Waals surface area contributed by atoms with Gasteiger partial charge in [-0.15, -0.1) is 0 Å². The van der Waals surface area contributed by atoms with E-state index in [1.807, 2.05) is 48.7 Å². The highest BCUT2D eigenvalue weighted by Crippen LogP contribution is 2.30. The third-order valence-electron chi connectivity index (χ3n) is 5.84. The number of benzene rings is 1. The van der Waals surface area contributed by atoms with Gasteiger partial charge < -0.3 is 10.6 Å². The Kier molecular flexibility index (Phi) is 4.95. The number of likely N-dealkylation sites (tertiary alicyclic amines) is 1. The maximum Gasteiger partial charge on any atom is 0.255 e. The van der Waals surface area contributed by atoms with Gasteiger partial charge in [-0.1, -0.05) is 43.7 Å². The fraction of sp³-hybridized carbons (Fsp3) is 0.250. The van der Waals surface area contributed by atoms with Crippen molar-refractivity contribution in [2.24, 2.45) is 5.73 Å². The number of rotatable bonds is 5. The Balaban J connectivity index is 1.50. The molecule has 0 radical (unpaired) electrons. The molecule has 1 fully saturated rings. The molecular weight excluding hydrogens is 388 g/mol. The lowest BCUT2D eigenvalue weighted by atomic mass is 9.93. The molecule has 4 aromatic rings. The first-order chi connectivity index (χ1) is 15.2. The highest BCUT2D eigenvalue weighted by molar-refractivity contribution is 5.96. The zero-order valence-electron chi connectivity index (χ0n) is 17.3. The summed E-state index contributed by atoms with van der Waals surface area (Å²) in [4.78, 5) is 24.2. The van der Waals surface area contributed by atoms with Gasteiger partial charge in [0, 0.05) is 36.0 Å². The maximum atomic E-state index is 13.1. The van der Waals surface area contributed by atoms with E-state index in [9.17, 15) is 4.79 Å². The molecule has 0 aliphatic carbocycles. The van der Waals surface area contributed by atoms with Gasteiger partial charge in [0.15, 0.2) is 5.65 Å². The number of amides is 1. The molecule has 3 aromatic heterocycles. The lowest BCUT2D eigenvalue weighted by Gasteiger charge is -2.46. The van der Waals surface area contributed by atoms with E-state index >= 15 is 0 Å². The van der Waals surface area contributed by atoms with Crippen molar-refractivity contribution in [2.45, 2.75) is 38.4 Å². The molecule has 1 amide bonds. The average molecular weight is 412 g/mol. The van der Waals surface area contributed by atoms with Gasteiger partial charge in [-0.05, 0) is 24.6 Å². The predicted octanol–water partition coefficient (Wildman–Crippen LogP) is 3.76. The Morgan fingerprint density at radius 2 is 2.00 bits per heavy atom. The number of fused-ring (bicyclic) bond motifs is 1. The Hall–Kier alpha value is -3.58. The summed E-state index contributed by atoms with van der Waals surface area (Å²) in [6, 6.07) is 15.7. The molecule has 0 spiro atoms. The molecule has 1 aliphatic heterocycles. The van der Waals surface area contributed by atoms with Gasteiger partial charge >= 0.3 is 0 Å². The molecule has 2 N–H and O–H groups in total. The SMILES string of the molecule is CCCC1CC(N)N1C(=O)c1ccnc(-c2cnn3ccc(-c4ccccc4)nc23)c1. The number of pyridine rings is 1. The lowest BCUT2D eigenvalue weighted by Crippen LogP contribution is -2.62. The van der Waals surface area contributed by atoms with Gasteiger partial charge in [0.1, 0.15) is 0 Å². The van der Waals surface area contributed by atoms with Crippen LogP contribution in [-0.2, 0) is 0 Å². The Labute approximate surface area is 180 Å². The second-order valence-electron chi connectivity index (χ2n) is 7.89. The van der Waals surface area contributed by atoms with Gasteiger partial charge in [0.2, 0.25) is 0 Å². The molecule has 1 saturated heterocycles. The van der Waals surface area contributed by atoms with Crippen molar-refractivity contribution in [1.82, 2.24) is 24.5 Å². The van der Waals surface area contributed by atoms with E-state index in [1.54, 1.807) is 27.9 Å². The fourth-order valence-corrected chi connectivity index (χ4v) is 4.22. The molecule has 1 aromatic carbocycles. The normalized spacial score (nSPS) is 18.2. The molecule has 7 nitrogen and oxygen atoms in total. The van der Waals surface area contributed by atoms with E-state index in [0.29, 0.717) is 16.9 Å². The number of hydrogen-bond acceptors (Lipinski definition) is 5. The summed E-state index contributed by atoms with van der Waals surface area (Å²) in [5.41, 5.74) is 10.7. The molecular formula is C24H24N6O. The van der Waals surface area contributed by atoms with Crippen LogP contribution < -0.4 is 5.73 Å². The summed E-state index contributed by atoms with van der Waals surface area (Å²) < 4.78 is 1.72. The summed E-state index contributed by atoms with van der Waals surface area (Å²) in [5, 5.41) is 4.41. The van der Waals surface area contributed by atoms with Gasteiger partial charge in [-0.2, -0.15) is 5.10 Å². The monoisotopic (exact) mass is 412 g/mol. The third-order valence-corrected chi connectivity index (χ3v) is 5.84. The van der Waals surface area contributed by atoms with Crippen LogP contribution in [-0.4, -0.2) is 42.6 Å². The van der Waals surface area contributed by atoms with Crippen molar-refractivity contribution in [3.05, 3.63) is 72.7 Å². The number of carbonyl (C=O) groups is 1. The van der Waals surface area contributed by atoms with Crippen molar-refractivity contribution < 1.29 is 4.79 Å². The van der Waals surface area contributed by atoms with Crippen LogP contribution in [0.1, 0.15) is 36.5 Å². The van der Waals surface area contributed by atoms with Crippen molar-refractivity contribution in [3.8, 4) is 22.5 Å². The number of aromatic nitrogens is 4. The minimum Gasteiger partial charge on any atom is -0.320 e. The summed E-state index contributed by atoms with van der Waals surface area (Å²) in [6.07, 6.45) is 7.93. The fourth-order valence-electron chi connectivity index (χ4n) is 4.22. The van der Waals surface area contributed by atoms with Crippen molar-refractivity contribution >= 4 is 11.6 Å². The minimum atomic E-state index is -0.215. The summed E-state index contributed by atoms with van der Waals surface area (Å²) in [7, 11) is 0. The molecule has 2 atom stereocenters. The molecule has 2 unspecified atom stereocenters. The van der Waals surface area contributed by atoms with E-state index < -0.39 is 0 Å². The van der Waals surface area contributed by atoms with Gasteiger partial charge in [-0.3, -0.25) is 9.78 Å². The van der Waals surface area contributed by atoms with E-state index in [4.69, 9.17) is 10.7 Å². The number of carbonyl (C=O) groups excluding carboxylic acids is 1. The Bertz CT molecular complexity index is 1230. The topological polar surface area (TPSA) is 89.4 Å². The van der Waals surface area contributed by atoms with E-state index in [2.05, 4.69) is 17.0 Å². The quantitative estimate of drug-likeness (QED) is 0.539. The van der Waals surface area contributed by atoms with Crippen LogP contribution in [0.5, 0.6) is 0 Å². The van der Waals surface area contributed by atoms with Crippen LogP contribution in [0, 0.1) is 0 Å². The van der Waals surface area contributed by atoms with Gasteiger partial charge in [0.25, 0.3) is 5.91 Å². The minimum absolute atomic E-state index is 0.0461. The highest BCUT2D eigenvalue weighted by atomic mass is 16.2. The molecule has 7 heteroatoms. The number of nitrogens with zero attached hydrogens (tertiary/aromatic N) is 5. The molecule has 156 valence electrons. The molecule has 31 heavy (non-hydrogen) atoms. The van der Waals surface area contributed by atoms with Crippen molar-refractivity contribution in [3.63, 3.8) is 0 Å². The van der Waals surface area contributed by atoms with Crippen LogP contribution >= 0.6 is 0 Å². The third kappa shape index (κ3) is 3.47. The average Bonchev–Trinajstić information content (AvgIpc) is 3.23. The van der Waals surface area contributed by atoms with Crippen LogP contribution in [0.4, 0.5) is 0 Å². The zero-order valence-corrected chi connectivity index (χ0v) is 17.3. The van der Waals surface area contributed by atoms with Crippen molar-refractivity contribution in [2.75, 3.05) is 0 Å². The molecule has 4 heterocycles. The van der Waals surface area contributed by atoms with E-state index in [0.717, 1.165) is 36.1 Å². The van der Waals surface area contributed by atoms with Crippen LogP contribution in [0.3, 0.4) is 0 Å². The highest BCUT2D eigenvalue weighted by Gasteiger charge is 2.39. The first-order valence-electron chi connectivity index (χ1n) is 10.6. The number of nitrogens with two attached hydrogens (primary N) is 1. The van der Waals surface area contributed by atoms with Crippen molar-refractivity contribution in [1.29, 1.82) is 0 Å². The summed E-state index contributed by atoms with van der Waals surface area (Å²) in [5.74, 6) is -0.0461. The summed E-state index contributed by atoms with van der Waals surface area (Å²) in [6.45, 7) is 2.12. The van der Waals surface area contributed by atoms with E-state index in [-0.39, 0.29) is 18.1 Å². The first kappa shape index (κ1) is 19.4. The smallest absolute Gasteiger partial charge is 0.255 e. The van der Waals surface area contributed by atoms with E-state index in [1.165, 1.54) is 0 Å². The van der Waals surface area contributed by atoms with Crippen LogP contribution in [0.25, 0.3) is 28.2 Å². The molecule has 5 rings (SSSR count). The second kappa shape index (κ2) is 7.92. The summed E-state index contributed by atoms with van der Waals surface area (Å²) >= 11 is 0. The predicted molar refractivity (Wildman–Crippen MR) is 119 cm³/mol. The number of hydrogen-bond donors (Lipinski definition) is 1. The standard InChI is InChI=1S/C24H24N6O/c1-2-6-18-14-22(25)30(18)24(31)17-9-11-26-21(13-17)19-15-27-29-12-10-20(28-23(19)29)16-7-4-3-5-8-16/h3-5,7-13,15,18,22H,2,6,14,25H2,1H3. The van der Waals surface area contributed by atoms with Gasteiger partial charge in [-0.25, -0.2) is 9.50 Å².